The molecule has 2 aromatic carbocycles. The predicted molar refractivity (Wildman–Crippen MR) is 132 cm³/mol. The molecular formula is C23H28N6O2S. The summed E-state index contributed by atoms with van der Waals surface area (Å²) in [5.74, 6) is 1.32. The highest BCUT2D eigenvalue weighted by Gasteiger charge is 2.18. The van der Waals surface area contributed by atoms with Crippen molar-refractivity contribution in [1.82, 2.24) is 14.6 Å². The minimum atomic E-state index is -3.35. The third-order valence-corrected chi connectivity index (χ3v) is 5.65. The molecule has 0 fully saturated rings. The molecule has 0 bridgehead atoms. The van der Waals surface area contributed by atoms with Crippen molar-refractivity contribution in [2.75, 3.05) is 22.1 Å². The number of benzene rings is 2. The second kappa shape index (κ2) is 8.31. The van der Waals surface area contributed by atoms with E-state index in [9.17, 15) is 8.42 Å². The van der Waals surface area contributed by atoms with E-state index in [0.717, 1.165) is 52.5 Å². The minimum absolute atomic E-state index is 0.219. The van der Waals surface area contributed by atoms with Crippen molar-refractivity contribution in [2.24, 2.45) is 0 Å². The maximum absolute atomic E-state index is 11.6. The normalized spacial score (nSPS) is 12.0. The molecule has 0 saturated heterocycles. The van der Waals surface area contributed by atoms with Crippen LogP contribution >= 0.6 is 0 Å². The van der Waals surface area contributed by atoms with Gasteiger partial charge in [0.15, 0.2) is 5.82 Å². The summed E-state index contributed by atoms with van der Waals surface area (Å²) in [4.78, 5) is 9.41. The Labute approximate surface area is 187 Å². The smallest absolute Gasteiger partial charge is 0.229 e. The van der Waals surface area contributed by atoms with Gasteiger partial charge >= 0.3 is 0 Å². The fourth-order valence-electron chi connectivity index (χ4n) is 3.85. The number of sulfonamides is 1. The van der Waals surface area contributed by atoms with E-state index < -0.39 is 10.0 Å². The Bertz CT molecular complexity index is 1410. The molecule has 0 atom stereocenters. The zero-order valence-electron chi connectivity index (χ0n) is 18.7. The third kappa shape index (κ3) is 4.34. The molecule has 4 aromatic rings. The number of nitrogens with two attached hydrogens (primary N) is 1. The predicted octanol–water partition coefficient (Wildman–Crippen LogP) is 4.11. The monoisotopic (exact) mass is 452 g/mol. The molecule has 0 aliphatic rings. The number of nitrogens with one attached hydrogen (secondary N) is 2. The molecule has 32 heavy (non-hydrogen) atoms. The van der Waals surface area contributed by atoms with E-state index >= 15 is 0 Å². The maximum atomic E-state index is 11.6. The van der Waals surface area contributed by atoms with E-state index in [-0.39, 0.29) is 6.04 Å². The average molecular weight is 453 g/mol. The van der Waals surface area contributed by atoms with Crippen LogP contribution in [0.3, 0.4) is 0 Å². The van der Waals surface area contributed by atoms with Gasteiger partial charge in [-0.3, -0.25) is 4.72 Å². The molecule has 9 heteroatoms. The quantitative estimate of drug-likeness (QED) is 0.389. The van der Waals surface area contributed by atoms with Gasteiger partial charge in [-0.15, -0.1) is 0 Å². The van der Waals surface area contributed by atoms with E-state index in [0.29, 0.717) is 17.0 Å². The van der Waals surface area contributed by atoms with Crippen LogP contribution in [0.15, 0.2) is 42.5 Å². The molecule has 0 saturated carbocycles. The second-order valence-corrected chi connectivity index (χ2v) is 10.0. The molecule has 0 aliphatic heterocycles. The van der Waals surface area contributed by atoms with Crippen LogP contribution in [0.2, 0.25) is 0 Å². The summed E-state index contributed by atoms with van der Waals surface area (Å²) >= 11 is 0. The van der Waals surface area contributed by atoms with Crippen LogP contribution in [-0.2, 0) is 16.4 Å². The minimum Gasteiger partial charge on any atom is -0.382 e. The van der Waals surface area contributed by atoms with Crippen molar-refractivity contribution in [3.05, 3.63) is 48.3 Å². The molecule has 4 rings (SSSR count). The number of nitrogens with zero attached hydrogens (tertiary/aromatic N) is 3. The van der Waals surface area contributed by atoms with Crippen LogP contribution in [0, 0.1) is 0 Å². The van der Waals surface area contributed by atoms with Crippen LogP contribution in [0.25, 0.3) is 33.1 Å². The van der Waals surface area contributed by atoms with Gasteiger partial charge in [0.1, 0.15) is 16.9 Å². The summed E-state index contributed by atoms with van der Waals surface area (Å²) in [6.07, 6.45) is 2.93. The number of aryl methyl sites for hydroxylation is 1. The van der Waals surface area contributed by atoms with E-state index in [4.69, 9.17) is 10.7 Å². The first-order chi connectivity index (χ1) is 15.2. The molecule has 0 unspecified atom stereocenters. The Hall–Kier alpha value is -3.33. The van der Waals surface area contributed by atoms with Crippen molar-refractivity contribution in [3.63, 3.8) is 0 Å². The lowest BCUT2D eigenvalue weighted by molar-refractivity contribution is 0.607. The number of imidazole rings is 1. The van der Waals surface area contributed by atoms with Crippen LogP contribution in [0.1, 0.15) is 33.0 Å². The number of pyridine rings is 1. The number of aromatic nitrogens is 3. The highest BCUT2D eigenvalue weighted by molar-refractivity contribution is 7.92. The Morgan fingerprint density at radius 1 is 1.09 bits per heavy atom. The van der Waals surface area contributed by atoms with E-state index in [1.807, 2.05) is 35.0 Å². The van der Waals surface area contributed by atoms with Crippen molar-refractivity contribution in [3.8, 4) is 11.1 Å². The molecular weight excluding hydrogens is 424 g/mol. The van der Waals surface area contributed by atoms with Gasteiger partial charge in [-0.1, -0.05) is 25.1 Å². The number of nitrogen functional groups attached to an aromatic ring is 1. The van der Waals surface area contributed by atoms with Crippen LogP contribution in [-0.4, -0.2) is 35.4 Å². The summed E-state index contributed by atoms with van der Waals surface area (Å²) in [7, 11) is -3.35. The molecule has 2 heterocycles. The first kappa shape index (κ1) is 21.9. The summed E-state index contributed by atoms with van der Waals surface area (Å²) in [5, 5.41) is 0.950. The topological polar surface area (TPSA) is 115 Å². The van der Waals surface area contributed by atoms with Crippen molar-refractivity contribution in [2.45, 2.75) is 39.7 Å². The Kier molecular flexibility index (Phi) is 5.68. The fourth-order valence-corrected chi connectivity index (χ4v) is 4.40. The number of hydrogen-bond donors (Lipinski definition) is 3. The molecule has 0 aliphatic carbocycles. The molecule has 2 aromatic heterocycles. The van der Waals surface area contributed by atoms with Gasteiger partial charge in [0, 0.05) is 23.5 Å². The first-order valence-electron chi connectivity index (χ1n) is 10.6. The number of anilines is 2. The Morgan fingerprint density at radius 2 is 1.84 bits per heavy atom. The summed E-state index contributed by atoms with van der Waals surface area (Å²) < 4.78 is 27.7. The number of rotatable bonds is 7. The first-order valence-corrected chi connectivity index (χ1v) is 12.5. The summed E-state index contributed by atoms with van der Waals surface area (Å²) in [5.41, 5.74) is 14.5. The molecule has 0 spiro atoms. The Morgan fingerprint density at radius 3 is 2.53 bits per heavy atom. The Balaban J connectivity index is 1.89. The van der Waals surface area contributed by atoms with Crippen molar-refractivity contribution in [1.29, 1.82) is 0 Å². The molecule has 4 N–H and O–H groups in total. The summed E-state index contributed by atoms with van der Waals surface area (Å²) in [6.45, 7) is 6.30. The van der Waals surface area contributed by atoms with Gasteiger partial charge in [-0.2, -0.15) is 0 Å². The van der Waals surface area contributed by atoms with Crippen LogP contribution in [0.5, 0.6) is 0 Å². The van der Waals surface area contributed by atoms with Gasteiger partial charge in [0.2, 0.25) is 10.0 Å². The molecule has 0 amide bonds. The average Bonchev–Trinajstić information content (AvgIpc) is 3.05. The van der Waals surface area contributed by atoms with Crippen molar-refractivity contribution < 1.29 is 8.42 Å². The largest absolute Gasteiger partial charge is 0.382 e. The van der Waals surface area contributed by atoms with Gasteiger partial charge in [0.05, 0.1) is 11.8 Å². The standard InChI is InChI=1S/C23H28N6O2S/c1-5-7-20-26-21-22(29(20)27-14(2)3)18-11-10-16(13-19(18)25-23(21)24)15-8-6-9-17(12-15)28-32(4,30)31/h6,8-14,27-28H,5,7H2,1-4H3,(H2,24,25). The number of fused-ring (bicyclic) bond motifs is 3. The zero-order valence-corrected chi connectivity index (χ0v) is 19.5. The fraction of sp³-hybridized carbons (Fsp3) is 0.304. The van der Waals surface area contributed by atoms with Gasteiger partial charge in [-0.05, 0) is 55.7 Å². The van der Waals surface area contributed by atoms with Crippen LogP contribution in [0.4, 0.5) is 11.5 Å². The second-order valence-electron chi connectivity index (χ2n) is 8.28. The maximum Gasteiger partial charge on any atom is 0.229 e. The summed E-state index contributed by atoms with van der Waals surface area (Å²) in [6, 6.07) is 13.5. The van der Waals surface area contributed by atoms with E-state index in [1.165, 1.54) is 0 Å². The molecule has 8 nitrogen and oxygen atoms in total. The van der Waals surface area contributed by atoms with Crippen LogP contribution < -0.4 is 15.9 Å². The lowest BCUT2D eigenvalue weighted by Crippen LogP contribution is -2.24. The zero-order chi connectivity index (χ0) is 23.0. The molecule has 168 valence electrons. The third-order valence-electron chi connectivity index (χ3n) is 5.04. The lowest BCUT2D eigenvalue weighted by Gasteiger charge is -2.16. The highest BCUT2D eigenvalue weighted by Crippen LogP contribution is 2.32. The van der Waals surface area contributed by atoms with Gasteiger partial charge in [-0.25, -0.2) is 23.1 Å². The van der Waals surface area contributed by atoms with E-state index in [2.05, 4.69) is 35.9 Å². The molecule has 0 radical (unpaired) electrons. The lowest BCUT2D eigenvalue weighted by atomic mass is 10.0. The van der Waals surface area contributed by atoms with Gasteiger partial charge in [0.25, 0.3) is 0 Å². The number of hydrogen-bond acceptors (Lipinski definition) is 6. The SMILES string of the molecule is CCCc1nc2c(N)nc3cc(-c4cccc(NS(C)(=O)=O)c4)ccc3c2n1NC(C)C. The van der Waals surface area contributed by atoms with E-state index in [1.54, 1.807) is 12.1 Å². The van der Waals surface area contributed by atoms with Crippen molar-refractivity contribution >= 4 is 43.5 Å². The highest BCUT2D eigenvalue weighted by atomic mass is 32.2. The van der Waals surface area contributed by atoms with Gasteiger partial charge < -0.3 is 11.2 Å².